The maximum atomic E-state index is 11.7. The van der Waals surface area contributed by atoms with Crippen molar-refractivity contribution in [3.05, 3.63) is 51.6 Å². The van der Waals surface area contributed by atoms with Crippen molar-refractivity contribution in [1.29, 1.82) is 0 Å². The van der Waals surface area contributed by atoms with E-state index in [0.717, 1.165) is 10.0 Å². The Labute approximate surface area is 133 Å². The summed E-state index contributed by atoms with van der Waals surface area (Å²) >= 11 is 9.42. The second kappa shape index (κ2) is 5.46. The number of fused-ring (bicyclic) bond motifs is 1. The van der Waals surface area contributed by atoms with E-state index in [2.05, 4.69) is 26.0 Å². The summed E-state index contributed by atoms with van der Waals surface area (Å²) in [6.45, 7) is 0. The molecular formula is C14H9BrClN3O2. The zero-order valence-corrected chi connectivity index (χ0v) is 13.2. The van der Waals surface area contributed by atoms with Crippen molar-refractivity contribution in [2.45, 2.75) is 0 Å². The van der Waals surface area contributed by atoms with Gasteiger partial charge in [-0.15, -0.1) is 5.10 Å². The Balaban J connectivity index is 2.19. The molecule has 0 aliphatic carbocycles. The predicted molar refractivity (Wildman–Crippen MR) is 82.5 cm³/mol. The van der Waals surface area contributed by atoms with Crippen LogP contribution in [0, 0.1) is 0 Å². The van der Waals surface area contributed by atoms with E-state index in [4.69, 9.17) is 16.3 Å². The molecule has 0 aliphatic rings. The lowest BCUT2D eigenvalue weighted by molar-refractivity contribution is 0.0602. The van der Waals surface area contributed by atoms with Crippen LogP contribution in [0.1, 0.15) is 10.4 Å². The number of nitrogens with zero attached hydrogens (tertiary/aromatic N) is 3. The van der Waals surface area contributed by atoms with Crippen LogP contribution in [-0.2, 0) is 4.74 Å². The molecule has 0 atom stereocenters. The van der Waals surface area contributed by atoms with Crippen LogP contribution in [0.15, 0.2) is 41.0 Å². The molecule has 0 spiro atoms. The van der Waals surface area contributed by atoms with Crippen molar-refractivity contribution in [3.8, 4) is 11.4 Å². The molecule has 7 heteroatoms. The van der Waals surface area contributed by atoms with E-state index in [1.54, 1.807) is 30.5 Å². The quantitative estimate of drug-likeness (QED) is 0.650. The molecule has 21 heavy (non-hydrogen) atoms. The van der Waals surface area contributed by atoms with Gasteiger partial charge >= 0.3 is 5.97 Å². The van der Waals surface area contributed by atoms with Crippen LogP contribution in [0.3, 0.4) is 0 Å². The number of benzene rings is 1. The van der Waals surface area contributed by atoms with Crippen LogP contribution < -0.4 is 0 Å². The van der Waals surface area contributed by atoms with Crippen molar-refractivity contribution >= 4 is 39.1 Å². The van der Waals surface area contributed by atoms with Crippen LogP contribution >= 0.6 is 27.5 Å². The molecule has 3 aromatic rings. The molecule has 0 saturated carbocycles. The number of carbonyl (C=O) groups is 1. The summed E-state index contributed by atoms with van der Waals surface area (Å²) < 4.78 is 7.12. The summed E-state index contributed by atoms with van der Waals surface area (Å²) in [7, 11) is 1.33. The van der Waals surface area contributed by atoms with Crippen LogP contribution in [0.2, 0.25) is 5.02 Å². The molecule has 106 valence electrons. The third-order valence-electron chi connectivity index (χ3n) is 2.89. The summed E-state index contributed by atoms with van der Waals surface area (Å²) in [5.74, 6) is 0.0291. The number of halogens is 2. The first-order chi connectivity index (χ1) is 10.1. The zero-order chi connectivity index (χ0) is 15.0. The van der Waals surface area contributed by atoms with Crippen molar-refractivity contribution in [2.24, 2.45) is 0 Å². The van der Waals surface area contributed by atoms with E-state index >= 15 is 0 Å². The monoisotopic (exact) mass is 365 g/mol. The fourth-order valence-corrected chi connectivity index (χ4v) is 2.84. The lowest BCUT2D eigenvalue weighted by atomic mass is 10.2. The first-order valence-electron chi connectivity index (χ1n) is 5.98. The summed E-state index contributed by atoms with van der Waals surface area (Å²) in [5, 5.41) is 4.94. The Morgan fingerprint density at radius 3 is 2.90 bits per heavy atom. The third-order valence-corrected chi connectivity index (χ3v) is 3.56. The Morgan fingerprint density at radius 1 is 1.38 bits per heavy atom. The van der Waals surface area contributed by atoms with Crippen LogP contribution in [0.25, 0.3) is 17.0 Å². The number of hydrogen-bond acceptors (Lipinski definition) is 4. The molecule has 0 saturated heterocycles. The van der Waals surface area contributed by atoms with Crippen LogP contribution in [0.5, 0.6) is 0 Å². The zero-order valence-electron chi connectivity index (χ0n) is 10.9. The molecule has 0 aliphatic heterocycles. The largest absolute Gasteiger partial charge is 0.465 e. The first-order valence-corrected chi connectivity index (χ1v) is 7.16. The van der Waals surface area contributed by atoms with Crippen molar-refractivity contribution in [1.82, 2.24) is 14.6 Å². The van der Waals surface area contributed by atoms with Gasteiger partial charge in [-0.25, -0.2) is 14.3 Å². The van der Waals surface area contributed by atoms with Gasteiger partial charge < -0.3 is 4.74 Å². The van der Waals surface area contributed by atoms with E-state index in [9.17, 15) is 4.79 Å². The lowest BCUT2D eigenvalue weighted by Crippen LogP contribution is -2.04. The molecule has 0 bridgehead atoms. The molecule has 1 aromatic carbocycles. The number of esters is 1. The lowest BCUT2D eigenvalue weighted by Gasteiger charge is -1.99. The average molecular weight is 367 g/mol. The molecule has 3 rings (SSSR count). The van der Waals surface area contributed by atoms with Gasteiger partial charge in [-0.2, -0.15) is 0 Å². The number of rotatable bonds is 2. The first kappa shape index (κ1) is 14.0. The van der Waals surface area contributed by atoms with Gasteiger partial charge in [-0.3, -0.25) is 0 Å². The van der Waals surface area contributed by atoms with Gasteiger partial charge in [0.25, 0.3) is 0 Å². The van der Waals surface area contributed by atoms with E-state index in [1.807, 2.05) is 6.07 Å². The summed E-state index contributed by atoms with van der Waals surface area (Å²) in [5.41, 5.74) is 1.56. The minimum Gasteiger partial charge on any atom is -0.465 e. The van der Waals surface area contributed by atoms with E-state index in [0.29, 0.717) is 22.1 Å². The Morgan fingerprint density at radius 2 is 2.19 bits per heavy atom. The Kier molecular flexibility index (Phi) is 3.65. The maximum absolute atomic E-state index is 11.7. The predicted octanol–water partition coefficient (Wildman–Crippen LogP) is 3.60. The highest BCUT2D eigenvalue weighted by atomic mass is 79.9. The SMILES string of the molecule is COC(=O)c1cccn2nc(-c3cc(Cl)cc(Br)c3)nc12. The highest BCUT2D eigenvalue weighted by Gasteiger charge is 2.15. The topological polar surface area (TPSA) is 56.5 Å². The summed E-state index contributed by atoms with van der Waals surface area (Å²) in [6, 6.07) is 8.76. The molecule has 0 fully saturated rings. The van der Waals surface area contributed by atoms with E-state index < -0.39 is 5.97 Å². The number of ether oxygens (including phenoxy) is 1. The minimum atomic E-state index is -0.452. The second-order valence-electron chi connectivity index (χ2n) is 4.28. The molecule has 5 nitrogen and oxygen atoms in total. The fraction of sp³-hybridized carbons (Fsp3) is 0.0714. The van der Waals surface area contributed by atoms with Crippen LogP contribution in [-0.4, -0.2) is 27.7 Å². The standard InChI is InChI=1S/C14H9BrClN3O2/c1-21-14(20)11-3-2-4-19-13(11)17-12(18-19)8-5-9(15)7-10(16)6-8/h2-7H,1H3. The van der Waals surface area contributed by atoms with Gasteiger partial charge in [0.05, 0.1) is 7.11 Å². The molecule has 0 unspecified atom stereocenters. The third kappa shape index (κ3) is 2.64. The average Bonchev–Trinajstić information content (AvgIpc) is 2.89. The Hall–Kier alpha value is -1.92. The number of methoxy groups -OCH3 is 1. The molecule has 0 amide bonds. The van der Waals surface area contributed by atoms with Gasteiger partial charge in [-0.05, 0) is 30.3 Å². The summed E-state index contributed by atoms with van der Waals surface area (Å²) in [4.78, 5) is 16.2. The van der Waals surface area contributed by atoms with Gasteiger partial charge in [0.2, 0.25) is 0 Å². The van der Waals surface area contributed by atoms with E-state index in [-0.39, 0.29) is 0 Å². The van der Waals surface area contributed by atoms with Gasteiger partial charge in [-0.1, -0.05) is 27.5 Å². The maximum Gasteiger partial charge on any atom is 0.341 e. The smallest absolute Gasteiger partial charge is 0.341 e. The van der Waals surface area contributed by atoms with Gasteiger partial charge in [0, 0.05) is 21.3 Å². The molecule has 0 N–H and O–H groups in total. The highest BCUT2D eigenvalue weighted by Crippen LogP contribution is 2.26. The normalized spacial score (nSPS) is 10.8. The summed E-state index contributed by atoms with van der Waals surface area (Å²) in [6.07, 6.45) is 1.72. The number of carbonyl (C=O) groups excluding carboxylic acids is 1. The highest BCUT2D eigenvalue weighted by molar-refractivity contribution is 9.10. The number of pyridine rings is 1. The second-order valence-corrected chi connectivity index (χ2v) is 5.63. The van der Waals surface area contributed by atoms with E-state index in [1.165, 1.54) is 11.6 Å². The molecule has 2 aromatic heterocycles. The van der Waals surface area contributed by atoms with Crippen LogP contribution in [0.4, 0.5) is 0 Å². The van der Waals surface area contributed by atoms with Crippen molar-refractivity contribution in [2.75, 3.05) is 7.11 Å². The minimum absolute atomic E-state index is 0.361. The fourth-order valence-electron chi connectivity index (χ4n) is 1.98. The molecular weight excluding hydrogens is 358 g/mol. The Bertz CT molecular complexity index is 827. The number of aromatic nitrogens is 3. The molecule has 0 radical (unpaired) electrons. The molecule has 2 heterocycles. The van der Waals surface area contributed by atoms with Crippen molar-refractivity contribution in [3.63, 3.8) is 0 Å². The number of hydrogen-bond donors (Lipinski definition) is 0. The van der Waals surface area contributed by atoms with Gasteiger partial charge in [0.1, 0.15) is 5.56 Å². The van der Waals surface area contributed by atoms with Gasteiger partial charge in [0.15, 0.2) is 11.5 Å². The van der Waals surface area contributed by atoms with Crippen molar-refractivity contribution < 1.29 is 9.53 Å².